The molecule has 0 saturated heterocycles. The molecule has 5 nitrogen and oxygen atoms in total. The summed E-state index contributed by atoms with van der Waals surface area (Å²) in [6.45, 7) is 4.67. The van der Waals surface area contributed by atoms with Gasteiger partial charge in [-0.2, -0.15) is 0 Å². The van der Waals surface area contributed by atoms with Crippen LogP contribution in [0.3, 0.4) is 0 Å². The van der Waals surface area contributed by atoms with E-state index in [1.807, 2.05) is 31.2 Å². The number of anilines is 1. The maximum atomic E-state index is 12.2. The Labute approximate surface area is 138 Å². The molecule has 1 aliphatic rings. The van der Waals surface area contributed by atoms with Gasteiger partial charge in [0.25, 0.3) is 0 Å². The first kappa shape index (κ1) is 18.3. The van der Waals surface area contributed by atoms with Gasteiger partial charge in [0.05, 0.1) is 6.61 Å². The third-order valence-corrected chi connectivity index (χ3v) is 6.40. The zero-order valence-electron chi connectivity index (χ0n) is 14.0. The zero-order chi connectivity index (χ0) is 16.9. The van der Waals surface area contributed by atoms with Crippen LogP contribution in [0.1, 0.15) is 52.4 Å². The van der Waals surface area contributed by atoms with Gasteiger partial charge >= 0.3 is 7.60 Å². The van der Waals surface area contributed by atoms with E-state index in [2.05, 4.69) is 12.2 Å². The molecule has 1 fully saturated rings. The largest absolute Gasteiger partial charge is 0.494 e. The van der Waals surface area contributed by atoms with Gasteiger partial charge in [-0.25, -0.2) is 0 Å². The number of ether oxygens (including phenoxy) is 1. The molecule has 6 heteroatoms. The summed E-state index contributed by atoms with van der Waals surface area (Å²) in [6, 6.07) is 7.28. The van der Waals surface area contributed by atoms with Gasteiger partial charge < -0.3 is 19.8 Å². The first-order valence-electron chi connectivity index (χ1n) is 8.47. The van der Waals surface area contributed by atoms with Crippen LogP contribution in [0.4, 0.5) is 5.69 Å². The monoisotopic (exact) mass is 341 g/mol. The number of benzene rings is 1. The summed E-state index contributed by atoms with van der Waals surface area (Å²) >= 11 is 0. The van der Waals surface area contributed by atoms with Crippen LogP contribution in [-0.2, 0) is 4.57 Å². The second-order valence-electron chi connectivity index (χ2n) is 6.39. The highest BCUT2D eigenvalue weighted by molar-refractivity contribution is 7.53. The minimum absolute atomic E-state index is 0.509. The van der Waals surface area contributed by atoms with Crippen molar-refractivity contribution < 1.29 is 19.1 Å². The molecule has 0 aromatic heterocycles. The minimum atomic E-state index is -4.25. The van der Waals surface area contributed by atoms with Crippen molar-refractivity contribution in [3.8, 4) is 5.75 Å². The molecule has 0 bridgehead atoms. The van der Waals surface area contributed by atoms with Crippen molar-refractivity contribution >= 4 is 13.3 Å². The van der Waals surface area contributed by atoms with Crippen molar-refractivity contribution in [2.24, 2.45) is 5.92 Å². The highest BCUT2D eigenvalue weighted by Gasteiger charge is 2.48. The number of rotatable bonds is 7. The van der Waals surface area contributed by atoms with Crippen LogP contribution in [0.15, 0.2) is 24.3 Å². The Morgan fingerprint density at radius 1 is 1.22 bits per heavy atom. The van der Waals surface area contributed by atoms with E-state index in [9.17, 15) is 14.4 Å². The molecule has 0 radical (unpaired) electrons. The Hall–Kier alpha value is -1.03. The zero-order valence-corrected chi connectivity index (χ0v) is 14.9. The van der Waals surface area contributed by atoms with Crippen molar-refractivity contribution in [3.63, 3.8) is 0 Å². The predicted octanol–water partition coefficient (Wildman–Crippen LogP) is 4.36. The van der Waals surface area contributed by atoms with Crippen molar-refractivity contribution in [1.29, 1.82) is 0 Å². The summed E-state index contributed by atoms with van der Waals surface area (Å²) in [5.74, 6) is 1.34. The van der Waals surface area contributed by atoms with Crippen LogP contribution < -0.4 is 10.1 Å². The maximum absolute atomic E-state index is 12.2. The lowest BCUT2D eigenvalue weighted by atomic mass is 9.83. The molecule has 23 heavy (non-hydrogen) atoms. The summed E-state index contributed by atoms with van der Waals surface area (Å²) in [5, 5.41) is 2.01. The van der Waals surface area contributed by atoms with Crippen LogP contribution in [0, 0.1) is 5.92 Å². The second-order valence-corrected chi connectivity index (χ2v) is 8.33. The molecule has 1 aromatic rings. The number of hydrogen-bond donors (Lipinski definition) is 3. The SMILES string of the molecule is CCCC1CCC(Nc2ccc(OCC)cc2)(P(=O)(O)O)CC1. The maximum Gasteiger partial charge on any atom is 0.350 e. The molecule has 1 saturated carbocycles. The Bertz CT molecular complexity index is 532. The molecule has 3 N–H and O–H groups in total. The predicted molar refractivity (Wildman–Crippen MR) is 92.9 cm³/mol. The molecule has 130 valence electrons. The standard InChI is InChI=1S/C17H28NO4P/c1-3-5-14-10-12-17(13-11-14,23(19,20)21)18-15-6-8-16(9-7-15)22-4-2/h6-9,14,18H,3-5,10-13H2,1-2H3,(H2,19,20,21). The summed E-state index contributed by atoms with van der Waals surface area (Å²) < 4.78 is 17.6. The lowest BCUT2D eigenvalue weighted by molar-refractivity contribution is 0.250. The van der Waals surface area contributed by atoms with E-state index in [-0.39, 0.29) is 0 Å². The molecule has 0 heterocycles. The summed E-state index contributed by atoms with van der Waals surface area (Å²) in [4.78, 5) is 19.9. The lowest BCUT2D eigenvalue weighted by Gasteiger charge is -2.41. The average Bonchev–Trinajstić information content (AvgIpc) is 2.51. The van der Waals surface area contributed by atoms with Gasteiger partial charge in [-0.05, 0) is 62.8 Å². The number of hydrogen-bond acceptors (Lipinski definition) is 3. The lowest BCUT2D eigenvalue weighted by Crippen LogP contribution is -2.41. The highest BCUT2D eigenvalue weighted by Crippen LogP contribution is 2.58. The van der Waals surface area contributed by atoms with Crippen molar-refractivity contribution in [3.05, 3.63) is 24.3 Å². The van der Waals surface area contributed by atoms with E-state index in [1.165, 1.54) is 0 Å². The van der Waals surface area contributed by atoms with Gasteiger partial charge in [0.1, 0.15) is 11.0 Å². The summed E-state index contributed by atoms with van der Waals surface area (Å²) in [6.07, 6.45) is 5.01. The van der Waals surface area contributed by atoms with E-state index in [1.54, 1.807) is 0 Å². The van der Waals surface area contributed by atoms with Crippen LogP contribution in [-0.4, -0.2) is 21.7 Å². The van der Waals surface area contributed by atoms with E-state index < -0.39 is 12.9 Å². The van der Waals surface area contributed by atoms with Crippen molar-refractivity contribution in [1.82, 2.24) is 0 Å². The van der Waals surface area contributed by atoms with Gasteiger partial charge in [0.2, 0.25) is 0 Å². The molecule has 1 aliphatic carbocycles. The first-order chi connectivity index (χ1) is 10.9. The van der Waals surface area contributed by atoms with Gasteiger partial charge in [0.15, 0.2) is 0 Å². The topological polar surface area (TPSA) is 78.8 Å². The quantitative estimate of drug-likeness (QED) is 0.642. The second kappa shape index (κ2) is 7.69. The smallest absolute Gasteiger partial charge is 0.350 e. The molecule has 0 aliphatic heterocycles. The molecule has 0 amide bonds. The van der Waals surface area contributed by atoms with E-state index in [0.29, 0.717) is 25.4 Å². The molecule has 0 spiro atoms. The van der Waals surface area contributed by atoms with Crippen molar-refractivity contribution in [2.75, 3.05) is 11.9 Å². The molecular formula is C17H28NO4P. The molecular weight excluding hydrogens is 313 g/mol. The van der Waals surface area contributed by atoms with E-state index >= 15 is 0 Å². The summed E-state index contributed by atoms with van der Waals surface area (Å²) in [5.41, 5.74) is 0.728. The van der Waals surface area contributed by atoms with Gasteiger partial charge in [-0.3, -0.25) is 4.57 Å². The normalized spacial score (nSPS) is 25.1. The van der Waals surface area contributed by atoms with Crippen LogP contribution in [0.5, 0.6) is 5.75 Å². The minimum Gasteiger partial charge on any atom is -0.494 e. The van der Waals surface area contributed by atoms with Gasteiger partial charge in [-0.1, -0.05) is 19.8 Å². The van der Waals surface area contributed by atoms with Crippen LogP contribution in [0.25, 0.3) is 0 Å². The Balaban J connectivity index is 2.12. The fourth-order valence-electron chi connectivity index (χ4n) is 3.41. The molecule has 0 atom stereocenters. The summed E-state index contributed by atoms with van der Waals surface area (Å²) in [7, 11) is -4.25. The molecule has 0 unspecified atom stereocenters. The first-order valence-corrected chi connectivity index (χ1v) is 10.1. The third kappa shape index (κ3) is 4.50. The Morgan fingerprint density at radius 2 is 1.83 bits per heavy atom. The van der Waals surface area contributed by atoms with Gasteiger partial charge in [0, 0.05) is 5.69 Å². The highest BCUT2D eigenvalue weighted by atomic mass is 31.2. The molecule has 2 rings (SSSR count). The van der Waals surface area contributed by atoms with Crippen LogP contribution >= 0.6 is 7.60 Å². The third-order valence-electron chi connectivity index (χ3n) is 4.73. The fraction of sp³-hybridized carbons (Fsp3) is 0.647. The van der Waals surface area contributed by atoms with E-state index in [0.717, 1.165) is 37.1 Å². The van der Waals surface area contributed by atoms with Gasteiger partial charge in [-0.15, -0.1) is 0 Å². The van der Waals surface area contributed by atoms with Crippen molar-refractivity contribution in [2.45, 2.75) is 57.7 Å². The molecule has 1 aromatic carbocycles. The Morgan fingerprint density at radius 3 is 2.30 bits per heavy atom. The Kier molecular flexibility index (Phi) is 6.12. The number of nitrogens with one attached hydrogen (secondary N) is 1. The average molecular weight is 341 g/mol. The fourth-order valence-corrected chi connectivity index (χ4v) is 4.53. The van der Waals surface area contributed by atoms with E-state index in [4.69, 9.17) is 4.74 Å². The van der Waals surface area contributed by atoms with Crippen LogP contribution in [0.2, 0.25) is 0 Å².